The Balaban J connectivity index is 1.55. The monoisotopic (exact) mass is 496 g/mol. The van der Waals surface area contributed by atoms with Crippen LogP contribution in [-0.4, -0.2) is 47.1 Å². The molecule has 1 heterocycles. The lowest BCUT2D eigenvalue weighted by atomic mass is 10.0. The van der Waals surface area contributed by atoms with Crippen LogP contribution in [0.3, 0.4) is 0 Å². The molecule has 1 N–H and O–H groups in total. The van der Waals surface area contributed by atoms with Gasteiger partial charge in [-0.2, -0.15) is 0 Å². The van der Waals surface area contributed by atoms with Crippen LogP contribution in [0.25, 0.3) is 0 Å². The molecule has 1 unspecified atom stereocenters. The van der Waals surface area contributed by atoms with Crippen molar-refractivity contribution in [2.45, 2.75) is 23.8 Å². The average molecular weight is 497 g/mol. The number of methoxy groups -OCH3 is 3. The zero-order chi connectivity index (χ0) is 25.0. The zero-order valence-electron chi connectivity index (χ0n) is 19.9. The van der Waals surface area contributed by atoms with E-state index in [0.29, 0.717) is 35.0 Å². The highest BCUT2D eigenvalue weighted by Gasteiger charge is 2.32. The maximum atomic E-state index is 13.4. The largest absolute Gasteiger partial charge is 0.497 e. The SMILES string of the molecule is COc1ccc(C2CCCN2C(=O)c2ccc(S(=O)(=O)Nc3ccccc3OC)cc2)c(OC)c1. The molecule has 0 saturated carbocycles. The summed E-state index contributed by atoms with van der Waals surface area (Å²) < 4.78 is 44.4. The number of sulfonamides is 1. The molecule has 3 aromatic rings. The first kappa shape index (κ1) is 24.4. The highest BCUT2D eigenvalue weighted by molar-refractivity contribution is 7.92. The molecule has 0 spiro atoms. The summed E-state index contributed by atoms with van der Waals surface area (Å²) >= 11 is 0. The van der Waals surface area contributed by atoms with Crippen LogP contribution >= 0.6 is 0 Å². The van der Waals surface area contributed by atoms with Crippen molar-refractivity contribution in [1.82, 2.24) is 4.90 Å². The van der Waals surface area contributed by atoms with Gasteiger partial charge in [0.15, 0.2) is 0 Å². The van der Waals surface area contributed by atoms with Gasteiger partial charge in [-0.1, -0.05) is 12.1 Å². The Morgan fingerprint density at radius 1 is 0.914 bits per heavy atom. The first-order chi connectivity index (χ1) is 16.9. The Bertz CT molecular complexity index is 1310. The highest BCUT2D eigenvalue weighted by Crippen LogP contribution is 2.39. The average Bonchev–Trinajstić information content (AvgIpc) is 3.37. The van der Waals surface area contributed by atoms with Gasteiger partial charge in [0.25, 0.3) is 15.9 Å². The molecule has 3 aromatic carbocycles. The van der Waals surface area contributed by atoms with Crippen molar-refractivity contribution in [3.05, 3.63) is 77.9 Å². The number of carbonyl (C=O) groups is 1. The second kappa shape index (κ2) is 10.3. The van der Waals surface area contributed by atoms with Gasteiger partial charge >= 0.3 is 0 Å². The third kappa shape index (κ3) is 5.05. The molecule has 35 heavy (non-hydrogen) atoms. The van der Waals surface area contributed by atoms with Crippen LogP contribution in [0.5, 0.6) is 17.2 Å². The summed E-state index contributed by atoms with van der Waals surface area (Å²) in [5, 5.41) is 0. The third-order valence-corrected chi connectivity index (χ3v) is 7.46. The summed E-state index contributed by atoms with van der Waals surface area (Å²) in [6, 6.07) is 18.2. The van der Waals surface area contributed by atoms with Crippen molar-refractivity contribution in [2.24, 2.45) is 0 Å². The first-order valence-electron chi connectivity index (χ1n) is 11.2. The van der Waals surface area contributed by atoms with E-state index in [-0.39, 0.29) is 16.8 Å². The number of ether oxygens (including phenoxy) is 3. The Hall–Kier alpha value is -3.72. The molecule has 184 valence electrons. The third-order valence-electron chi connectivity index (χ3n) is 6.08. The Labute approximate surface area is 205 Å². The van der Waals surface area contributed by atoms with E-state index in [2.05, 4.69) is 4.72 Å². The maximum absolute atomic E-state index is 13.4. The second-order valence-electron chi connectivity index (χ2n) is 8.09. The number of rotatable bonds is 8. The second-order valence-corrected chi connectivity index (χ2v) is 9.78. The molecule has 9 heteroatoms. The Morgan fingerprint density at radius 2 is 1.63 bits per heavy atom. The van der Waals surface area contributed by atoms with E-state index in [1.54, 1.807) is 55.5 Å². The van der Waals surface area contributed by atoms with Gasteiger partial charge in [-0.3, -0.25) is 9.52 Å². The summed E-state index contributed by atoms with van der Waals surface area (Å²) in [5.41, 5.74) is 1.67. The minimum atomic E-state index is -3.86. The van der Waals surface area contributed by atoms with Crippen LogP contribution in [0, 0.1) is 0 Å². The molecule has 8 nitrogen and oxygen atoms in total. The zero-order valence-corrected chi connectivity index (χ0v) is 20.7. The molecule has 1 saturated heterocycles. The van der Waals surface area contributed by atoms with E-state index < -0.39 is 10.0 Å². The number of likely N-dealkylation sites (tertiary alicyclic amines) is 1. The number of nitrogens with zero attached hydrogens (tertiary/aromatic N) is 1. The number of para-hydroxylation sites is 2. The van der Waals surface area contributed by atoms with Crippen LogP contribution in [0.1, 0.15) is 34.8 Å². The molecule has 0 aromatic heterocycles. The number of carbonyl (C=O) groups excluding carboxylic acids is 1. The maximum Gasteiger partial charge on any atom is 0.262 e. The quantitative estimate of drug-likeness (QED) is 0.494. The van der Waals surface area contributed by atoms with Gasteiger partial charge in [-0.25, -0.2) is 8.42 Å². The highest BCUT2D eigenvalue weighted by atomic mass is 32.2. The van der Waals surface area contributed by atoms with Gasteiger partial charge in [-0.05, 0) is 61.4 Å². The van der Waals surface area contributed by atoms with Crippen molar-refractivity contribution in [1.29, 1.82) is 0 Å². The fraction of sp³-hybridized carbons (Fsp3) is 0.269. The summed E-state index contributed by atoms with van der Waals surface area (Å²) in [4.78, 5) is 15.2. The smallest absolute Gasteiger partial charge is 0.262 e. The van der Waals surface area contributed by atoms with Crippen molar-refractivity contribution >= 4 is 21.6 Å². The first-order valence-corrected chi connectivity index (χ1v) is 12.6. The summed E-state index contributed by atoms with van der Waals surface area (Å²) in [6.45, 7) is 0.605. The summed E-state index contributed by atoms with van der Waals surface area (Å²) in [6.07, 6.45) is 1.67. The normalized spacial score (nSPS) is 15.5. The number of nitrogens with one attached hydrogen (secondary N) is 1. The molecule has 0 bridgehead atoms. The van der Waals surface area contributed by atoms with E-state index >= 15 is 0 Å². The Kier molecular flexibility index (Phi) is 7.16. The van der Waals surface area contributed by atoms with E-state index in [1.165, 1.54) is 19.2 Å². The van der Waals surface area contributed by atoms with Crippen LogP contribution in [0.4, 0.5) is 5.69 Å². The lowest BCUT2D eigenvalue weighted by Gasteiger charge is -2.26. The topological polar surface area (TPSA) is 94.2 Å². The lowest BCUT2D eigenvalue weighted by Crippen LogP contribution is -2.30. The van der Waals surface area contributed by atoms with Gasteiger partial charge < -0.3 is 19.1 Å². The minimum Gasteiger partial charge on any atom is -0.497 e. The van der Waals surface area contributed by atoms with Gasteiger partial charge in [0.1, 0.15) is 17.2 Å². The van der Waals surface area contributed by atoms with Crippen LogP contribution < -0.4 is 18.9 Å². The van der Waals surface area contributed by atoms with Crippen molar-refractivity contribution in [2.75, 3.05) is 32.6 Å². The summed E-state index contributed by atoms with van der Waals surface area (Å²) in [5.74, 6) is 1.60. The van der Waals surface area contributed by atoms with Crippen LogP contribution in [-0.2, 0) is 10.0 Å². The van der Waals surface area contributed by atoms with Crippen molar-refractivity contribution in [3.63, 3.8) is 0 Å². The molecule has 1 fully saturated rings. The van der Waals surface area contributed by atoms with Crippen LogP contribution in [0.15, 0.2) is 71.6 Å². The van der Waals surface area contributed by atoms with E-state index in [9.17, 15) is 13.2 Å². The fourth-order valence-electron chi connectivity index (χ4n) is 4.30. The van der Waals surface area contributed by atoms with E-state index in [1.807, 2.05) is 18.2 Å². The Morgan fingerprint density at radius 3 is 2.31 bits per heavy atom. The molecule has 0 radical (unpaired) electrons. The molecule has 0 aliphatic carbocycles. The van der Waals surface area contributed by atoms with Crippen LogP contribution in [0.2, 0.25) is 0 Å². The number of amides is 1. The van der Waals surface area contributed by atoms with Gasteiger partial charge in [0.05, 0.1) is 38.0 Å². The molecule has 1 aliphatic heterocycles. The lowest BCUT2D eigenvalue weighted by molar-refractivity contribution is 0.0734. The number of hydrogen-bond acceptors (Lipinski definition) is 6. The van der Waals surface area contributed by atoms with Gasteiger partial charge in [0, 0.05) is 23.7 Å². The number of anilines is 1. The standard InChI is InChI=1S/C26H28N2O6S/c1-32-19-12-15-21(25(17-19)34-3)23-8-6-16-28(23)26(29)18-10-13-20(14-11-18)35(30,31)27-22-7-4-5-9-24(22)33-2/h4-5,7,9-15,17,23,27H,6,8,16H2,1-3H3. The fourth-order valence-corrected chi connectivity index (χ4v) is 5.37. The molecular formula is C26H28N2O6S. The van der Waals surface area contributed by atoms with E-state index in [4.69, 9.17) is 14.2 Å². The summed E-state index contributed by atoms with van der Waals surface area (Å²) in [7, 11) is 0.800. The van der Waals surface area contributed by atoms with Crippen molar-refractivity contribution < 1.29 is 27.4 Å². The number of hydrogen-bond donors (Lipinski definition) is 1. The minimum absolute atomic E-state index is 0.0507. The predicted octanol–water partition coefficient (Wildman–Crippen LogP) is 4.49. The molecule has 1 amide bonds. The number of benzene rings is 3. The van der Waals surface area contributed by atoms with Crippen molar-refractivity contribution in [3.8, 4) is 17.2 Å². The predicted molar refractivity (Wildman–Crippen MR) is 133 cm³/mol. The molecule has 4 rings (SSSR count). The van der Waals surface area contributed by atoms with Gasteiger partial charge in [0.2, 0.25) is 0 Å². The molecular weight excluding hydrogens is 468 g/mol. The van der Waals surface area contributed by atoms with Gasteiger partial charge in [-0.15, -0.1) is 0 Å². The molecule has 1 aliphatic rings. The molecule has 1 atom stereocenters. The van der Waals surface area contributed by atoms with E-state index in [0.717, 1.165) is 18.4 Å².